The van der Waals surface area contributed by atoms with E-state index < -0.39 is 0 Å². The van der Waals surface area contributed by atoms with Crippen molar-refractivity contribution in [1.29, 1.82) is 0 Å². The van der Waals surface area contributed by atoms with Gasteiger partial charge in [0.25, 0.3) is 0 Å². The molecule has 0 radical (unpaired) electrons. The van der Waals surface area contributed by atoms with Crippen molar-refractivity contribution in [2.75, 3.05) is 32.8 Å². The molecule has 106 valence electrons. The predicted octanol–water partition coefficient (Wildman–Crippen LogP) is 2.66. The molecule has 1 N–H and O–H groups in total. The van der Waals surface area contributed by atoms with Gasteiger partial charge in [0.15, 0.2) is 0 Å². The summed E-state index contributed by atoms with van der Waals surface area (Å²) in [5, 5.41) is 3.68. The van der Waals surface area contributed by atoms with Crippen molar-refractivity contribution in [1.82, 2.24) is 10.2 Å². The van der Waals surface area contributed by atoms with Gasteiger partial charge >= 0.3 is 0 Å². The second-order valence-electron chi connectivity index (χ2n) is 5.25. The summed E-state index contributed by atoms with van der Waals surface area (Å²) in [6, 6.07) is 9.64. The number of morpholine rings is 1. The highest BCUT2D eigenvalue weighted by Gasteiger charge is 2.15. The van der Waals surface area contributed by atoms with E-state index in [1.165, 1.54) is 9.13 Å². The van der Waals surface area contributed by atoms with E-state index in [-0.39, 0.29) is 0 Å². The highest BCUT2D eigenvalue weighted by molar-refractivity contribution is 14.1. The highest BCUT2D eigenvalue weighted by atomic mass is 127. The summed E-state index contributed by atoms with van der Waals surface area (Å²) in [6.45, 7) is 9.46. The lowest BCUT2D eigenvalue weighted by atomic mass is 10.1. The molecule has 0 aromatic heterocycles. The number of rotatable bonds is 5. The van der Waals surface area contributed by atoms with Crippen molar-refractivity contribution in [3.8, 4) is 0 Å². The van der Waals surface area contributed by atoms with Crippen molar-refractivity contribution in [3.63, 3.8) is 0 Å². The first kappa shape index (κ1) is 15.2. The first-order valence-electron chi connectivity index (χ1n) is 6.97. The van der Waals surface area contributed by atoms with Gasteiger partial charge in [-0.05, 0) is 54.1 Å². The summed E-state index contributed by atoms with van der Waals surface area (Å²) in [5.74, 6) is 0. The molecule has 4 heteroatoms. The fourth-order valence-corrected chi connectivity index (χ4v) is 2.86. The van der Waals surface area contributed by atoms with Crippen LogP contribution in [0.1, 0.15) is 25.5 Å². The van der Waals surface area contributed by atoms with E-state index in [1.807, 2.05) is 0 Å². The summed E-state index contributed by atoms with van der Waals surface area (Å²) in [7, 11) is 0. The van der Waals surface area contributed by atoms with Gasteiger partial charge in [-0.1, -0.05) is 12.1 Å². The Balaban J connectivity index is 1.80. The number of hydrogen-bond acceptors (Lipinski definition) is 3. The number of hydrogen-bond donors (Lipinski definition) is 1. The molecule has 2 atom stereocenters. The third kappa shape index (κ3) is 5.02. The Morgan fingerprint density at radius 1 is 1.21 bits per heavy atom. The number of benzene rings is 1. The van der Waals surface area contributed by atoms with Crippen LogP contribution in [0.3, 0.4) is 0 Å². The average Bonchev–Trinajstić information content (AvgIpc) is 2.40. The van der Waals surface area contributed by atoms with Gasteiger partial charge in [-0.3, -0.25) is 4.90 Å². The van der Waals surface area contributed by atoms with Crippen LogP contribution in [0.25, 0.3) is 0 Å². The Kier molecular flexibility index (Phi) is 6.06. The zero-order valence-corrected chi connectivity index (χ0v) is 13.9. The van der Waals surface area contributed by atoms with E-state index in [4.69, 9.17) is 4.74 Å². The molecule has 1 aliphatic heterocycles. The molecule has 2 rings (SSSR count). The topological polar surface area (TPSA) is 24.5 Å². The third-order valence-corrected chi connectivity index (χ3v) is 4.26. The van der Waals surface area contributed by atoms with Crippen LogP contribution >= 0.6 is 22.6 Å². The summed E-state index contributed by atoms with van der Waals surface area (Å²) in [6.07, 6.45) is 0. The molecule has 2 unspecified atom stereocenters. The van der Waals surface area contributed by atoms with E-state index >= 15 is 0 Å². The molecule has 1 saturated heterocycles. The van der Waals surface area contributed by atoms with E-state index in [9.17, 15) is 0 Å². The van der Waals surface area contributed by atoms with Crippen molar-refractivity contribution in [3.05, 3.63) is 33.4 Å². The fraction of sp³-hybridized carbons (Fsp3) is 0.600. The second kappa shape index (κ2) is 7.57. The quantitative estimate of drug-likeness (QED) is 0.803. The minimum absolute atomic E-state index is 0.396. The Morgan fingerprint density at radius 3 is 2.47 bits per heavy atom. The summed E-state index contributed by atoms with van der Waals surface area (Å²) >= 11 is 2.34. The van der Waals surface area contributed by atoms with Crippen molar-refractivity contribution >= 4 is 22.6 Å². The summed E-state index contributed by atoms with van der Waals surface area (Å²) in [5.41, 5.74) is 1.36. The maximum absolute atomic E-state index is 5.38. The van der Waals surface area contributed by atoms with Gasteiger partial charge in [-0.2, -0.15) is 0 Å². The van der Waals surface area contributed by atoms with Gasteiger partial charge in [0.05, 0.1) is 13.2 Å². The third-order valence-electron chi connectivity index (χ3n) is 3.54. The Morgan fingerprint density at radius 2 is 1.84 bits per heavy atom. The lowest BCUT2D eigenvalue weighted by molar-refractivity contribution is 0.0339. The van der Waals surface area contributed by atoms with Gasteiger partial charge in [0, 0.05) is 35.3 Å². The maximum Gasteiger partial charge on any atom is 0.0594 e. The molecule has 0 bridgehead atoms. The van der Waals surface area contributed by atoms with Gasteiger partial charge in [0.1, 0.15) is 0 Å². The van der Waals surface area contributed by atoms with E-state index in [1.54, 1.807) is 0 Å². The molecular weight excluding hydrogens is 351 g/mol. The Labute approximate surface area is 129 Å². The average molecular weight is 374 g/mol. The molecule has 0 aliphatic carbocycles. The highest BCUT2D eigenvalue weighted by Crippen LogP contribution is 2.15. The van der Waals surface area contributed by atoms with Crippen LogP contribution < -0.4 is 5.32 Å². The summed E-state index contributed by atoms with van der Waals surface area (Å²) in [4.78, 5) is 2.47. The monoisotopic (exact) mass is 374 g/mol. The van der Waals surface area contributed by atoms with Crippen molar-refractivity contribution in [2.45, 2.75) is 25.9 Å². The van der Waals surface area contributed by atoms with Gasteiger partial charge in [-0.15, -0.1) is 0 Å². The largest absolute Gasteiger partial charge is 0.379 e. The molecule has 1 fully saturated rings. The number of halogens is 1. The standard InChI is InChI=1S/C15H23IN2O/c1-12(11-18-7-9-19-10-8-18)17-13(2)14-3-5-15(16)6-4-14/h3-6,12-13,17H,7-11H2,1-2H3. The first-order chi connectivity index (χ1) is 9.15. The van der Waals surface area contributed by atoms with Gasteiger partial charge in [-0.25, -0.2) is 0 Å². The van der Waals surface area contributed by atoms with Crippen molar-refractivity contribution < 1.29 is 4.74 Å². The smallest absolute Gasteiger partial charge is 0.0594 e. The van der Waals surface area contributed by atoms with Crippen LogP contribution in [0.2, 0.25) is 0 Å². The molecule has 1 aromatic rings. The minimum Gasteiger partial charge on any atom is -0.379 e. The molecular formula is C15H23IN2O. The fourth-order valence-electron chi connectivity index (χ4n) is 2.50. The van der Waals surface area contributed by atoms with E-state index in [0.29, 0.717) is 12.1 Å². The van der Waals surface area contributed by atoms with E-state index in [2.05, 4.69) is 70.9 Å². The van der Waals surface area contributed by atoms with Crippen LogP contribution in [0.4, 0.5) is 0 Å². The van der Waals surface area contributed by atoms with Gasteiger partial charge < -0.3 is 10.1 Å². The number of nitrogens with zero attached hydrogens (tertiary/aromatic N) is 1. The normalized spacial score (nSPS) is 20.2. The van der Waals surface area contributed by atoms with Crippen molar-refractivity contribution in [2.24, 2.45) is 0 Å². The van der Waals surface area contributed by atoms with Crippen LogP contribution in [-0.4, -0.2) is 43.8 Å². The minimum atomic E-state index is 0.396. The number of nitrogens with one attached hydrogen (secondary N) is 1. The van der Waals surface area contributed by atoms with Gasteiger partial charge in [0.2, 0.25) is 0 Å². The molecule has 3 nitrogen and oxygen atoms in total. The molecule has 1 aromatic carbocycles. The zero-order valence-electron chi connectivity index (χ0n) is 11.7. The molecule has 1 aliphatic rings. The van der Waals surface area contributed by atoms with Crippen LogP contribution in [0.15, 0.2) is 24.3 Å². The van der Waals surface area contributed by atoms with E-state index in [0.717, 1.165) is 32.8 Å². The SMILES string of the molecule is CC(CN1CCOCC1)NC(C)c1ccc(I)cc1. The predicted molar refractivity (Wildman–Crippen MR) is 87.4 cm³/mol. The Hall–Kier alpha value is -0.170. The zero-order chi connectivity index (χ0) is 13.7. The molecule has 0 saturated carbocycles. The maximum atomic E-state index is 5.38. The summed E-state index contributed by atoms with van der Waals surface area (Å²) < 4.78 is 6.67. The second-order valence-corrected chi connectivity index (χ2v) is 6.50. The Bertz CT molecular complexity index is 376. The van der Waals surface area contributed by atoms with Crippen LogP contribution in [-0.2, 0) is 4.74 Å². The lowest BCUT2D eigenvalue weighted by Crippen LogP contribution is -2.44. The molecule has 1 heterocycles. The van der Waals surface area contributed by atoms with Crippen LogP contribution in [0.5, 0.6) is 0 Å². The first-order valence-corrected chi connectivity index (χ1v) is 8.04. The van der Waals surface area contributed by atoms with Crippen LogP contribution in [0, 0.1) is 3.57 Å². The molecule has 0 spiro atoms. The lowest BCUT2D eigenvalue weighted by Gasteiger charge is -2.30. The molecule has 19 heavy (non-hydrogen) atoms. The molecule has 0 amide bonds. The number of ether oxygens (including phenoxy) is 1.